The molecule has 1 unspecified atom stereocenters. The molecule has 1 saturated heterocycles. The van der Waals surface area contributed by atoms with Gasteiger partial charge in [-0.3, -0.25) is 4.79 Å². The van der Waals surface area contributed by atoms with Crippen LogP contribution in [-0.2, 0) is 16.1 Å². The maximum atomic E-state index is 14.3. The lowest BCUT2D eigenvalue weighted by Gasteiger charge is -2.36. The van der Waals surface area contributed by atoms with E-state index in [9.17, 15) is 9.18 Å². The first kappa shape index (κ1) is 18.3. The smallest absolute Gasteiger partial charge is 0.245 e. The van der Waals surface area contributed by atoms with Gasteiger partial charge in [-0.05, 0) is 26.0 Å². The Morgan fingerprint density at radius 3 is 2.89 bits per heavy atom. The van der Waals surface area contributed by atoms with Crippen molar-refractivity contribution in [3.8, 4) is 5.69 Å². The highest BCUT2D eigenvalue weighted by molar-refractivity contribution is 5.76. The molecule has 4 rings (SSSR count). The highest BCUT2D eigenvalue weighted by Gasteiger charge is 2.33. The summed E-state index contributed by atoms with van der Waals surface area (Å²) in [6.07, 6.45) is 3.19. The number of halogens is 1. The van der Waals surface area contributed by atoms with Crippen LogP contribution in [-0.4, -0.2) is 55.3 Å². The minimum absolute atomic E-state index is 0.0729. The molecule has 1 aliphatic rings. The molecule has 3 aromatic rings. The number of aromatic nitrogens is 5. The lowest BCUT2D eigenvalue weighted by atomic mass is 10.0. The zero-order valence-corrected chi connectivity index (χ0v) is 15.7. The van der Waals surface area contributed by atoms with Gasteiger partial charge in [-0.2, -0.15) is 5.10 Å². The first-order valence-corrected chi connectivity index (χ1v) is 9.08. The molecule has 8 nitrogen and oxygen atoms in total. The number of morpholine rings is 1. The zero-order valence-electron chi connectivity index (χ0n) is 15.7. The molecule has 1 aliphatic heterocycles. The van der Waals surface area contributed by atoms with Crippen molar-refractivity contribution in [1.82, 2.24) is 29.7 Å². The lowest BCUT2D eigenvalue weighted by molar-refractivity contribution is -0.141. The van der Waals surface area contributed by atoms with Crippen molar-refractivity contribution in [3.05, 3.63) is 59.4 Å². The number of nitrogens with zero attached hydrogens (tertiary/aromatic N) is 6. The summed E-state index contributed by atoms with van der Waals surface area (Å²) in [7, 11) is 0. The number of carbonyl (C=O) groups is 1. The van der Waals surface area contributed by atoms with Crippen LogP contribution >= 0.6 is 0 Å². The largest absolute Gasteiger partial charge is 0.377 e. The third-order valence-electron chi connectivity index (χ3n) is 4.98. The van der Waals surface area contributed by atoms with Crippen molar-refractivity contribution in [2.24, 2.45) is 0 Å². The van der Waals surface area contributed by atoms with E-state index < -0.39 is 0 Å². The third kappa shape index (κ3) is 3.29. The van der Waals surface area contributed by atoms with Gasteiger partial charge in [0.1, 0.15) is 18.0 Å². The number of rotatable bonds is 4. The molecule has 0 radical (unpaired) electrons. The first-order valence-electron chi connectivity index (χ1n) is 9.08. The number of aryl methyl sites for hydroxylation is 1. The van der Waals surface area contributed by atoms with Crippen LogP contribution in [0.5, 0.6) is 0 Å². The number of carbonyl (C=O) groups excluding carboxylic acids is 1. The second-order valence-electron chi connectivity index (χ2n) is 6.73. The van der Waals surface area contributed by atoms with Gasteiger partial charge < -0.3 is 9.64 Å². The summed E-state index contributed by atoms with van der Waals surface area (Å²) in [4.78, 5) is 14.7. The molecule has 1 fully saturated rings. The van der Waals surface area contributed by atoms with Gasteiger partial charge in [0.2, 0.25) is 5.91 Å². The Kier molecular flexibility index (Phi) is 4.91. The lowest BCUT2D eigenvalue weighted by Crippen LogP contribution is -2.45. The van der Waals surface area contributed by atoms with Crippen LogP contribution in [0.4, 0.5) is 4.39 Å². The predicted molar refractivity (Wildman–Crippen MR) is 98.3 cm³/mol. The molecule has 28 heavy (non-hydrogen) atoms. The number of para-hydroxylation sites is 1. The minimum Gasteiger partial charge on any atom is -0.377 e. The fourth-order valence-corrected chi connectivity index (χ4v) is 3.68. The summed E-state index contributed by atoms with van der Waals surface area (Å²) in [6, 6.07) is 6.22. The monoisotopic (exact) mass is 384 g/mol. The Bertz CT molecular complexity index is 984. The minimum atomic E-state index is -0.348. The van der Waals surface area contributed by atoms with Crippen LogP contribution in [0.25, 0.3) is 5.69 Å². The molecule has 1 aromatic carbocycles. The maximum Gasteiger partial charge on any atom is 0.245 e. The summed E-state index contributed by atoms with van der Waals surface area (Å²) in [5, 5.41) is 12.1. The molecule has 1 amide bonds. The highest BCUT2D eigenvalue weighted by atomic mass is 19.1. The second kappa shape index (κ2) is 7.51. The van der Waals surface area contributed by atoms with Gasteiger partial charge in [-0.1, -0.05) is 17.3 Å². The maximum absolute atomic E-state index is 14.3. The molecule has 2 aromatic heterocycles. The molecule has 0 spiro atoms. The van der Waals surface area contributed by atoms with E-state index in [0.29, 0.717) is 25.4 Å². The predicted octanol–water partition coefficient (Wildman–Crippen LogP) is 1.82. The molecule has 9 heteroatoms. The van der Waals surface area contributed by atoms with E-state index in [1.807, 2.05) is 13.8 Å². The number of hydrogen-bond donors (Lipinski definition) is 0. The van der Waals surface area contributed by atoms with Crippen LogP contribution in [0, 0.1) is 19.7 Å². The van der Waals surface area contributed by atoms with Gasteiger partial charge in [0, 0.05) is 24.0 Å². The Hall–Kier alpha value is -3.07. The van der Waals surface area contributed by atoms with Gasteiger partial charge >= 0.3 is 0 Å². The Morgan fingerprint density at radius 2 is 2.14 bits per heavy atom. The van der Waals surface area contributed by atoms with E-state index in [2.05, 4.69) is 15.4 Å². The van der Waals surface area contributed by atoms with E-state index >= 15 is 0 Å². The first-order chi connectivity index (χ1) is 13.6. The molecule has 0 aliphatic carbocycles. The van der Waals surface area contributed by atoms with Gasteiger partial charge in [-0.15, -0.1) is 5.10 Å². The van der Waals surface area contributed by atoms with Crippen molar-refractivity contribution in [1.29, 1.82) is 0 Å². The van der Waals surface area contributed by atoms with Crippen LogP contribution in [0.1, 0.15) is 23.0 Å². The van der Waals surface area contributed by atoms with Gasteiger partial charge in [0.05, 0.1) is 31.1 Å². The quantitative estimate of drug-likeness (QED) is 0.686. The topological polar surface area (TPSA) is 78.1 Å². The van der Waals surface area contributed by atoms with E-state index in [-0.39, 0.29) is 24.3 Å². The SMILES string of the molecule is Cc1nn(-c2ccccc2F)c(C)c1C1COCCN1C(=O)Cn1ccnn1. The van der Waals surface area contributed by atoms with Crippen molar-refractivity contribution in [2.75, 3.05) is 19.8 Å². The zero-order chi connectivity index (χ0) is 19.7. The summed E-state index contributed by atoms with van der Waals surface area (Å²) >= 11 is 0. The van der Waals surface area contributed by atoms with Gasteiger partial charge in [0.15, 0.2) is 0 Å². The molecule has 3 heterocycles. The van der Waals surface area contributed by atoms with E-state index in [1.54, 1.807) is 34.0 Å². The Balaban J connectivity index is 1.68. The normalized spacial score (nSPS) is 17.1. The average molecular weight is 384 g/mol. The van der Waals surface area contributed by atoms with Crippen LogP contribution in [0.15, 0.2) is 36.7 Å². The van der Waals surface area contributed by atoms with Crippen molar-refractivity contribution in [2.45, 2.75) is 26.4 Å². The molecule has 0 bridgehead atoms. The standard InChI is InChI=1S/C19H21FN6O2/c1-13-19(14(2)26(22-13)16-6-4-3-5-15(16)20)17-12-28-10-9-25(17)18(27)11-24-8-7-21-23-24/h3-8,17H,9-12H2,1-2H3. The molecular weight excluding hydrogens is 363 g/mol. The molecule has 146 valence electrons. The molecule has 0 N–H and O–H groups in total. The summed E-state index contributed by atoms with van der Waals surface area (Å²) in [5.74, 6) is -0.421. The number of amides is 1. The average Bonchev–Trinajstić information content (AvgIpc) is 3.30. The number of hydrogen-bond acceptors (Lipinski definition) is 5. The summed E-state index contributed by atoms with van der Waals surface area (Å²) in [5.41, 5.74) is 2.80. The van der Waals surface area contributed by atoms with Crippen molar-refractivity contribution in [3.63, 3.8) is 0 Å². The fraction of sp³-hybridized carbons (Fsp3) is 0.368. The van der Waals surface area contributed by atoms with Gasteiger partial charge in [0.25, 0.3) is 0 Å². The van der Waals surface area contributed by atoms with E-state index in [0.717, 1.165) is 17.0 Å². The van der Waals surface area contributed by atoms with Gasteiger partial charge in [-0.25, -0.2) is 13.8 Å². The Morgan fingerprint density at radius 1 is 1.32 bits per heavy atom. The van der Waals surface area contributed by atoms with Crippen LogP contribution in [0.2, 0.25) is 0 Å². The van der Waals surface area contributed by atoms with Crippen molar-refractivity contribution >= 4 is 5.91 Å². The highest BCUT2D eigenvalue weighted by Crippen LogP contribution is 2.31. The summed E-state index contributed by atoms with van der Waals surface area (Å²) < 4.78 is 23.0. The van der Waals surface area contributed by atoms with Crippen molar-refractivity contribution < 1.29 is 13.9 Å². The Labute approximate surface area is 161 Å². The van der Waals surface area contributed by atoms with E-state index in [1.165, 1.54) is 16.9 Å². The van der Waals surface area contributed by atoms with Crippen LogP contribution < -0.4 is 0 Å². The number of benzene rings is 1. The number of ether oxygens (including phenoxy) is 1. The van der Waals surface area contributed by atoms with E-state index in [4.69, 9.17) is 4.74 Å². The fourth-order valence-electron chi connectivity index (χ4n) is 3.68. The molecular formula is C19H21FN6O2. The van der Waals surface area contributed by atoms with Crippen LogP contribution in [0.3, 0.4) is 0 Å². The molecule has 1 atom stereocenters. The second-order valence-corrected chi connectivity index (χ2v) is 6.73. The summed E-state index contributed by atoms with van der Waals surface area (Å²) in [6.45, 7) is 5.18. The molecule has 0 saturated carbocycles. The third-order valence-corrected chi connectivity index (χ3v) is 4.98.